The van der Waals surface area contributed by atoms with Crippen molar-refractivity contribution in [2.24, 2.45) is 5.92 Å². The number of halogens is 1. The maximum absolute atomic E-state index is 13.6. The Morgan fingerprint density at radius 1 is 1.43 bits per heavy atom. The highest BCUT2D eigenvalue weighted by Crippen LogP contribution is 2.26. The number of nitrogens with zero attached hydrogens (tertiary/aromatic N) is 1. The molecule has 2 N–H and O–H groups in total. The number of imidazole rings is 1. The first-order chi connectivity index (χ1) is 11.1. The summed E-state index contributed by atoms with van der Waals surface area (Å²) in [6.45, 7) is 3.09. The standard InChI is InChI=1S/C17H22FN3O2/c1-11-4-2-3-5-15(11)23-7-6-19-17(22)13-8-12(18)9-14-16(13)21-10-20-14/h8-11,15H,2-7H2,1H3,(H,19,22)(H,20,21)/t11-,15+/m0/s1. The van der Waals surface area contributed by atoms with Crippen LogP contribution in [0, 0.1) is 11.7 Å². The van der Waals surface area contributed by atoms with Gasteiger partial charge in [-0.05, 0) is 30.9 Å². The van der Waals surface area contributed by atoms with E-state index in [1.54, 1.807) is 0 Å². The van der Waals surface area contributed by atoms with E-state index in [1.807, 2.05) is 0 Å². The highest BCUT2D eigenvalue weighted by molar-refractivity contribution is 6.04. The van der Waals surface area contributed by atoms with E-state index in [2.05, 4.69) is 22.2 Å². The first-order valence-corrected chi connectivity index (χ1v) is 8.17. The summed E-state index contributed by atoms with van der Waals surface area (Å²) in [5.74, 6) is -0.215. The average Bonchev–Trinajstić information content (AvgIpc) is 3.00. The van der Waals surface area contributed by atoms with E-state index < -0.39 is 5.82 Å². The Morgan fingerprint density at radius 3 is 3.09 bits per heavy atom. The van der Waals surface area contributed by atoms with Crippen molar-refractivity contribution >= 4 is 16.9 Å². The summed E-state index contributed by atoms with van der Waals surface area (Å²) in [6, 6.07) is 2.54. The molecule has 1 amide bonds. The number of aromatic amines is 1. The molecule has 1 heterocycles. The molecule has 2 atom stereocenters. The monoisotopic (exact) mass is 319 g/mol. The predicted molar refractivity (Wildman–Crippen MR) is 85.8 cm³/mol. The number of hydrogen-bond acceptors (Lipinski definition) is 3. The molecule has 124 valence electrons. The van der Waals surface area contributed by atoms with Crippen molar-refractivity contribution in [3.63, 3.8) is 0 Å². The normalized spacial score (nSPS) is 21.5. The molecule has 1 aliphatic carbocycles. The van der Waals surface area contributed by atoms with Gasteiger partial charge in [0.05, 0.1) is 30.1 Å². The zero-order valence-electron chi connectivity index (χ0n) is 13.3. The minimum atomic E-state index is -0.459. The first-order valence-electron chi connectivity index (χ1n) is 8.17. The van der Waals surface area contributed by atoms with Gasteiger partial charge in [0, 0.05) is 6.54 Å². The van der Waals surface area contributed by atoms with Crippen molar-refractivity contribution in [1.82, 2.24) is 15.3 Å². The molecule has 1 aromatic heterocycles. The molecule has 5 nitrogen and oxygen atoms in total. The van der Waals surface area contributed by atoms with Gasteiger partial charge in [0.1, 0.15) is 11.3 Å². The molecule has 23 heavy (non-hydrogen) atoms. The largest absolute Gasteiger partial charge is 0.376 e. The minimum Gasteiger partial charge on any atom is -0.376 e. The van der Waals surface area contributed by atoms with Gasteiger partial charge in [-0.1, -0.05) is 19.8 Å². The van der Waals surface area contributed by atoms with Crippen LogP contribution in [0.3, 0.4) is 0 Å². The second-order valence-corrected chi connectivity index (χ2v) is 6.18. The van der Waals surface area contributed by atoms with E-state index in [0.717, 1.165) is 6.42 Å². The van der Waals surface area contributed by atoms with Crippen molar-refractivity contribution in [3.05, 3.63) is 29.8 Å². The van der Waals surface area contributed by atoms with E-state index >= 15 is 0 Å². The Morgan fingerprint density at radius 2 is 2.26 bits per heavy atom. The molecule has 3 rings (SSSR count). The van der Waals surface area contributed by atoms with Crippen LogP contribution in [0.1, 0.15) is 43.0 Å². The SMILES string of the molecule is C[C@H]1CCCC[C@H]1OCCNC(=O)c1cc(F)cc2[nH]cnc12. The molecule has 1 saturated carbocycles. The molecule has 0 radical (unpaired) electrons. The fourth-order valence-corrected chi connectivity index (χ4v) is 3.19. The van der Waals surface area contributed by atoms with E-state index in [4.69, 9.17) is 4.74 Å². The molecule has 2 aromatic rings. The summed E-state index contributed by atoms with van der Waals surface area (Å²) in [4.78, 5) is 19.1. The number of fused-ring (bicyclic) bond motifs is 1. The van der Waals surface area contributed by atoms with Gasteiger partial charge in [-0.3, -0.25) is 4.79 Å². The maximum Gasteiger partial charge on any atom is 0.253 e. The molecular formula is C17H22FN3O2. The van der Waals surface area contributed by atoms with Crippen LogP contribution in [0.2, 0.25) is 0 Å². The summed E-state index contributed by atoms with van der Waals surface area (Å²) < 4.78 is 19.4. The average molecular weight is 319 g/mol. The van der Waals surface area contributed by atoms with E-state index in [-0.39, 0.29) is 17.6 Å². The molecule has 0 aliphatic heterocycles. The molecule has 1 aliphatic rings. The second kappa shape index (κ2) is 7.08. The fraction of sp³-hybridized carbons (Fsp3) is 0.529. The highest BCUT2D eigenvalue weighted by atomic mass is 19.1. The molecule has 0 bridgehead atoms. The Bertz CT molecular complexity index is 686. The number of ether oxygens (including phenoxy) is 1. The Labute approximate surface area is 134 Å². The van der Waals surface area contributed by atoms with Crippen LogP contribution in [0.15, 0.2) is 18.5 Å². The number of benzene rings is 1. The van der Waals surface area contributed by atoms with E-state index in [1.165, 1.54) is 37.7 Å². The molecule has 1 aromatic carbocycles. The molecule has 1 fully saturated rings. The van der Waals surface area contributed by atoms with Crippen LogP contribution in [-0.4, -0.2) is 35.1 Å². The summed E-state index contributed by atoms with van der Waals surface area (Å²) >= 11 is 0. The van der Waals surface area contributed by atoms with Crippen molar-refractivity contribution in [2.45, 2.75) is 38.7 Å². The number of amides is 1. The number of rotatable bonds is 5. The van der Waals surface area contributed by atoms with Gasteiger partial charge >= 0.3 is 0 Å². The second-order valence-electron chi connectivity index (χ2n) is 6.18. The predicted octanol–water partition coefficient (Wildman–Crippen LogP) is 3.03. The van der Waals surface area contributed by atoms with Gasteiger partial charge in [0.15, 0.2) is 0 Å². The van der Waals surface area contributed by atoms with E-state index in [0.29, 0.717) is 30.1 Å². The smallest absolute Gasteiger partial charge is 0.253 e. The number of nitrogens with one attached hydrogen (secondary N) is 2. The minimum absolute atomic E-state index is 0.243. The van der Waals surface area contributed by atoms with E-state index in [9.17, 15) is 9.18 Å². The number of H-pyrrole nitrogens is 1. The first kappa shape index (κ1) is 15.9. The van der Waals surface area contributed by atoms with Gasteiger partial charge in [-0.15, -0.1) is 0 Å². The summed E-state index contributed by atoms with van der Waals surface area (Å²) in [5, 5.41) is 2.78. The molecule has 0 spiro atoms. The lowest BCUT2D eigenvalue weighted by atomic mass is 9.88. The van der Waals surface area contributed by atoms with Crippen LogP contribution in [-0.2, 0) is 4.74 Å². The fourth-order valence-electron chi connectivity index (χ4n) is 3.19. The van der Waals surface area contributed by atoms with Gasteiger partial charge in [-0.25, -0.2) is 9.37 Å². The number of hydrogen-bond donors (Lipinski definition) is 2. The van der Waals surface area contributed by atoms with Crippen LogP contribution in [0.25, 0.3) is 11.0 Å². The third-order valence-electron chi connectivity index (χ3n) is 4.49. The number of carbonyl (C=O) groups excluding carboxylic acids is 1. The highest BCUT2D eigenvalue weighted by Gasteiger charge is 2.21. The molecule has 6 heteroatoms. The Hall–Kier alpha value is -1.95. The van der Waals surface area contributed by atoms with Crippen LogP contribution >= 0.6 is 0 Å². The molecular weight excluding hydrogens is 297 g/mol. The van der Waals surface area contributed by atoms with Gasteiger partial charge in [-0.2, -0.15) is 0 Å². The van der Waals surface area contributed by atoms with Crippen LogP contribution in [0.5, 0.6) is 0 Å². The van der Waals surface area contributed by atoms with Crippen molar-refractivity contribution < 1.29 is 13.9 Å². The maximum atomic E-state index is 13.6. The zero-order valence-corrected chi connectivity index (χ0v) is 13.3. The molecule has 0 saturated heterocycles. The number of aromatic nitrogens is 2. The molecule has 0 unspecified atom stereocenters. The van der Waals surface area contributed by atoms with Gasteiger partial charge < -0.3 is 15.0 Å². The number of carbonyl (C=O) groups is 1. The van der Waals surface area contributed by atoms with Crippen LogP contribution in [0.4, 0.5) is 4.39 Å². The third-order valence-corrected chi connectivity index (χ3v) is 4.49. The topological polar surface area (TPSA) is 67.0 Å². The lowest BCUT2D eigenvalue weighted by Crippen LogP contribution is -2.32. The quantitative estimate of drug-likeness (QED) is 0.833. The third kappa shape index (κ3) is 3.69. The van der Waals surface area contributed by atoms with Crippen molar-refractivity contribution in [2.75, 3.05) is 13.2 Å². The van der Waals surface area contributed by atoms with Gasteiger partial charge in [0.25, 0.3) is 5.91 Å². The summed E-state index contributed by atoms with van der Waals surface area (Å²) in [5.41, 5.74) is 1.24. The van der Waals surface area contributed by atoms with Crippen molar-refractivity contribution in [1.29, 1.82) is 0 Å². The summed E-state index contributed by atoms with van der Waals surface area (Å²) in [6.07, 6.45) is 6.52. The van der Waals surface area contributed by atoms with Crippen LogP contribution < -0.4 is 5.32 Å². The summed E-state index contributed by atoms with van der Waals surface area (Å²) in [7, 11) is 0. The lowest BCUT2D eigenvalue weighted by molar-refractivity contribution is -0.00293. The van der Waals surface area contributed by atoms with Gasteiger partial charge in [0.2, 0.25) is 0 Å². The zero-order chi connectivity index (χ0) is 16.2. The Kier molecular flexibility index (Phi) is 4.91. The lowest BCUT2D eigenvalue weighted by Gasteiger charge is -2.28. The Balaban J connectivity index is 1.53. The van der Waals surface area contributed by atoms with Crippen molar-refractivity contribution in [3.8, 4) is 0 Å².